The number of aromatic nitrogens is 1. The summed E-state index contributed by atoms with van der Waals surface area (Å²) in [6.45, 7) is 0. The summed E-state index contributed by atoms with van der Waals surface area (Å²) in [6, 6.07) is 9.81. The molecule has 3 rings (SSSR count). The SMILES string of the molecule is NC(=O)Cc1cnc2c(C(F)(F)F)cccc2c1-c1cccc(O)c1. The van der Waals surface area contributed by atoms with E-state index in [0.717, 1.165) is 6.07 Å². The van der Waals surface area contributed by atoms with Crippen molar-refractivity contribution < 1.29 is 23.1 Å². The van der Waals surface area contributed by atoms with E-state index in [0.29, 0.717) is 16.7 Å². The van der Waals surface area contributed by atoms with E-state index in [1.54, 1.807) is 12.1 Å². The Labute approximate surface area is 140 Å². The molecule has 0 aliphatic carbocycles. The van der Waals surface area contributed by atoms with Crippen LogP contribution < -0.4 is 5.73 Å². The Hall–Kier alpha value is -3.09. The number of benzene rings is 2. The molecule has 0 spiro atoms. The highest BCUT2D eigenvalue weighted by atomic mass is 19.4. The molecule has 0 bridgehead atoms. The molecule has 4 nitrogen and oxygen atoms in total. The van der Waals surface area contributed by atoms with Crippen molar-refractivity contribution >= 4 is 16.8 Å². The number of carbonyl (C=O) groups excluding carboxylic acids is 1. The van der Waals surface area contributed by atoms with E-state index in [4.69, 9.17) is 5.73 Å². The van der Waals surface area contributed by atoms with Gasteiger partial charge in [-0.2, -0.15) is 13.2 Å². The van der Waals surface area contributed by atoms with Crippen LogP contribution in [0.1, 0.15) is 11.1 Å². The lowest BCUT2D eigenvalue weighted by Crippen LogP contribution is -2.15. The zero-order valence-electron chi connectivity index (χ0n) is 12.8. The Kier molecular flexibility index (Phi) is 4.08. The minimum atomic E-state index is -4.56. The fourth-order valence-corrected chi connectivity index (χ4v) is 2.82. The lowest BCUT2D eigenvalue weighted by atomic mass is 9.93. The van der Waals surface area contributed by atoms with Crippen molar-refractivity contribution in [2.45, 2.75) is 12.6 Å². The second-order valence-electron chi connectivity index (χ2n) is 5.55. The third-order valence-electron chi connectivity index (χ3n) is 3.78. The topological polar surface area (TPSA) is 76.2 Å². The zero-order valence-corrected chi connectivity index (χ0v) is 12.8. The van der Waals surface area contributed by atoms with Crippen LogP contribution in [0.25, 0.3) is 22.0 Å². The van der Waals surface area contributed by atoms with E-state index >= 15 is 0 Å². The highest BCUT2D eigenvalue weighted by Crippen LogP contribution is 2.39. The molecule has 128 valence electrons. The molecule has 0 radical (unpaired) electrons. The van der Waals surface area contributed by atoms with Crippen LogP contribution in [0.15, 0.2) is 48.7 Å². The van der Waals surface area contributed by atoms with Crippen molar-refractivity contribution in [2.24, 2.45) is 5.73 Å². The molecule has 0 fully saturated rings. The summed E-state index contributed by atoms with van der Waals surface area (Å²) in [4.78, 5) is 15.3. The highest BCUT2D eigenvalue weighted by Gasteiger charge is 2.33. The molecule has 0 unspecified atom stereocenters. The van der Waals surface area contributed by atoms with Gasteiger partial charge in [0, 0.05) is 11.6 Å². The Morgan fingerprint density at radius 3 is 2.52 bits per heavy atom. The van der Waals surface area contributed by atoms with Gasteiger partial charge in [0.15, 0.2) is 0 Å². The Balaban J connectivity index is 2.39. The minimum absolute atomic E-state index is 0.0422. The number of phenols is 1. The molecule has 3 aromatic rings. The van der Waals surface area contributed by atoms with Gasteiger partial charge in [0.25, 0.3) is 0 Å². The normalized spacial score (nSPS) is 11.6. The number of nitrogens with two attached hydrogens (primary N) is 1. The number of aromatic hydroxyl groups is 1. The predicted octanol–water partition coefficient (Wildman–Crippen LogP) is 3.65. The molecule has 0 aliphatic rings. The Morgan fingerprint density at radius 1 is 1.16 bits per heavy atom. The molecule has 1 amide bonds. The van der Waals surface area contributed by atoms with Gasteiger partial charge in [-0.3, -0.25) is 9.78 Å². The maximum absolute atomic E-state index is 13.3. The summed E-state index contributed by atoms with van der Waals surface area (Å²) in [5.74, 6) is -0.672. The zero-order chi connectivity index (χ0) is 18.2. The Morgan fingerprint density at radius 2 is 1.88 bits per heavy atom. The third-order valence-corrected chi connectivity index (χ3v) is 3.78. The van der Waals surface area contributed by atoms with Crippen LogP contribution in [0.2, 0.25) is 0 Å². The van der Waals surface area contributed by atoms with E-state index in [1.165, 1.54) is 30.5 Å². The second kappa shape index (κ2) is 6.08. The molecule has 0 aliphatic heterocycles. The van der Waals surface area contributed by atoms with Gasteiger partial charge in [-0.05, 0) is 34.9 Å². The van der Waals surface area contributed by atoms with Crippen LogP contribution in [0.5, 0.6) is 5.75 Å². The van der Waals surface area contributed by atoms with Crippen LogP contribution >= 0.6 is 0 Å². The number of amides is 1. The van der Waals surface area contributed by atoms with E-state index in [9.17, 15) is 23.1 Å². The molecule has 0 saturated heterocycles. The summed E-state index contributed by atoms with van der Waals surface area (Å²) >= 11 is 0. The van der Waals surface area contributed by atoms with Gasteiger partial charge in [0.05, 0.1) is 17.5 Å². The molecule has 25 heavy (non-hydrogen) atoms. The van der Waals surface area contributed by atoms with Gasteiger partial charge in [0.2, 0.25) is 5.91 Å². The van der Waals surface area contributed by atoms with E-state index in [2.05, 4.69) is 4.98 Å². The smallest absolute Gasteiger partial charge is 0.418 e. The fraction of sp³-hybridized carbons (Fsp3) is 0.111. The maximum atomic E-state index is 13.3. The first-order chi connectivity index (χ1) is 11.8. The number of primary amides is 1. The summed E-state index contributed by atoms with van der Waals surface area (Å²) in [7, 11) is 0. The van der Waals surface area contributed by atoms with Crippen LogP contribution in [-0.2, 0) is 17.4 Å². The number of pyridine rings is 1. The maximum Gasteiger partial charge on any atom is 0.418 e. The average molecular weight is 346 g/mol. The fourth-order valence-electron chi connectivity index (χ4n) is 2.82. The number of rotatable bonds is 3. The monoisotopic (exact) mass is 346 g/mol. The minimum Gasteiger partial charge on any atom is -0.508 e. The van der Waals surface area contributed by atoms with Crippen molar-refractivity contribution in [1.29, 1.82) is 0 Å². The molecular formula is C18H13F3N2O2. The Bertz CT molecular complexity index is 968. The number of fused-ring (bicyclic) bond motifs is 1. The van der Waals surface area contributed by atoms with Crippen molar-refractivity contribution in [2.75, 3.05) is 0 Å². The first-order valence-corrected chi connectivity index (χ1v) is 7.33. The standard InChI is InChI=1S/C18H13F3N2O2/c19-18(20,21)14-6-2-5-13-16(10-3-1-4-12(24)7-10)11(8-15(22)25)9-23-17(13)14/h1-7,9,24H,8H2,(H2,22,25). The van der Waals surface area contributed by atoms with Gasteiger partial charge < -0.3 is 10.8 Å². The molecule has 0 atom stereocenters. The molecule has 7 heteroatoms. The molecule has 3 N–H and O–H groups in total. The van der Waals surface area contributed by atoms with E-state index in [1.807, 2.05) is 0 Å². The number of hydrogen-bond acceptors (Lipinski definition) is 3. The third kappa shape index (κ3) is 3.26. The van der Waals surface area contributed by atoms with Crippen LogP contribution in [-0.4, -0.2) is 16.0 Å². The van der Waals surface area contributed by atoms with Crippen molar-refractivity contribution in [3.63, 3.8) is 0 Å². The summed E-state index contributed by atoms with van der Waals surface area (Å²) in [5.41, 5.74) is 5.43. The number of hydrogen-bond donors (Lipinski definition) is 2. The number of phenolic OH excluding ortho intramolecular Hbond substituents is 1. The lowest BCUT2D eigenvalue weighted by Gasteiger charge is -2.15. The average Bonchev–Trinajstić information content (AvgIpc) is 2.52. The van der Waals surface area contributed by atoms with E-state index < -0.39 is 17.6 Å². The number of para-hydroxylation sites is 1. The molecule has 0 saturated carbocycles. The summed E-state index contributed by atoms with van der Waals surface area (Å²) in [5, 5.41) is 9.95. The largest absolute Gasteiger partial charge is 0.508 e. The number of nitrogens with zero attached hydrogens (tertiary/aromatic N) is 1. The van der Waals surface area contributed by atoms with Gasteiger partial charge in [-0.25, -0.2) is 0 Å². The van der Waals surface area contributed by atoms with Crippen LogP contribution in [0.4, 0.5) is 13.2 Å². The van der Waals surface area contributed by atoms with Gasteiger partial charge in [-0.15, -0.1) is 0 Å². The molecule has 2 aromatic carbocycles. The lowest BCUT2D eigenvalue weighted by molar-refractivity contribution is -0.136. The van der Waals surface area contributed by atoms with Crippen molar-refractivity contribution in [3.05, 3.63) is 59.8 Å². The van der Waals surface area contributed by atoms with Gasteiger partial charge in [0.1, 0.15) is 5.75 Å². The number of carbonyl (C=O) groups is 1. The first kappa shape index (κ1) is 16.8. The second-order valence-corrected chi connectivity index (χ2v) is 5.55. The number of alkyl halides is 3. The first-order valence-electron chi connectivity index (χ1n) is 7.33. The quantitative estimate of drug-likeness (QED) is 0.760. The van der Waals surface area contributed by atoms with Crippen molar-refractivity contribution in [1.82, 2.24) is 4.98 Å². The summed E-state index contributed by atoms with van der Waals surface area (Å²) < 4.78 is 39.8. The van der Waals surface area contributed by atoms with Gasteiger partial charge in [-0.1, -0.05) is 24.3 Å². The molecule has 1 aromatic heterocycles. The summed E-state index contributed by atoms with van der Waals surface area (Å²) in [6.07, 6.45) is -3.51. The van der Waals surface area contributed by atoms with Gasteiger partial charge >= 0.3 is 6.18 Å². The van der Waals surface area contributed by atoms with Crippen LogP contribution in [0.3, 0.4) is 0 Å². The van der Waals surface area contributed by atoms with Crippen LogP contribution in [0, 0.1) is 0 Å². The molecule has 1 heterocycles. The number of halogens is 3. The highest BCUT2D eigenvalue weighted by molar-refractivity contribution is 5.99. The van der Waals surface area contributed by atoms with E-state index in [-0.39, 0.29) is 23.1 Å². The van der Waals surface area contributed by atoms with Crippen molar-refractivity contribution in [3.8, 4) is 16.9 Å². The molecular weight excluding hydrogens is 333 g/mol. The predicted molar refractivity (Wildman–Crippen MR) is 86.7 cm³/mol.